The predicted octanol–water partition coefficient (Wildman–Crippen LogP) is 0.392. The molecule has 3 heteroatoms. The molecule has 1 saturated carbocycles. The Hall–Kier alpha value is -0.570. The standard InChI is InChI=1S/C8H16N2O/c1-3-8(4-5-8)10-7(11)6(2)9/h6H,3-5,9H2,1-2H3,(H,10,11). The third kappa shape index (κ3) is 1.93. The molecule has 64 valence electrons. The van der Waals surface area contributed by atoms with E-state index in [9.17, 15) is 4.79 Å². The molecular formula is C8H16N2O. The van der Waals surface area contributed by atoms with E-state index < -0.39 is 0 Å². The Balaban J connectivity index is 2.36. The molecule has 0 aromatic heterocycles. The van der Waals surface area contributed by atoms with E-state index in [0.29, 0.717) is 0 Å². The molecule has 0 aliphatic heterocycles. The number of carbonyl (C=O) groups is 1. The van der Waals surface area contributed by atoms with Gasteiger partial charge in [0.1, 0.15) is 0 Å². The highest BCUT2D eigenvalue weighted by Gasteiger charge is 2.42. The first-order valence-corrected chi connectivity index (χ1v) is 4.17. The van der Waals surface area contributed by atoms with Crippen LogP contribution in [-0.2, 0) is 4.79 Å². The normalized spacial score (nSPS) is 22.5. The van der Waals surface area contributed by atoms with Crippen molar-refractivity contribution in [1.29, 1.82) is 0 Å². The number of rotatable bonds is 3. The van der Waals surface area contributed by atoms with Gasteiger partial charge in [-0.25, -0.2) is 0 Å². The average molecular weight is 156 g/mol. The Bertz CT molecular complexity index is 161. The summed E-state index contributed by atoms with van der Waals surface area (Å²) >= 11 is 0. The lowest BCUT2D eigenvalue weighted by atomic mass is 10.2. The largest absolute Gasteiger partial charge is 0.349 e. The second kappa shape index (κ2) is 2.81. The quantitative estimate of drug-likeness (QED) is 0.621. The summed E-state index contributed by atoms with van der Waals surface area (Å²) in [5.74, 6) is -0.0237. The Morgan fingerprint density at radius 2 is 2.27 bits per heavy atom. The summed E-state index contributed by atoms with van der Waals surface area (Å²) in [6, 6.07) is -0.376. The summed E-state index contributed by atoms with van der Waals surface area (Å²) < 4.78 is 0. The van der Waals surface area contributed by atoms with Gasteiger partial charge in [-0.2, -0.15) is 0 Å². The molecule has 1 amide bonds. The molecule has 3 N–H and O–H groups in total. The SMILES string of the molecule is CCC1(NC(=O)C(C)N)CC1. The van der Waals surface area contributed by atoms with E-state index in [-0.39, 0.29) is 17.5 Å². The summed E-state index contributed by atoms with van der Waals surface area (Å²) in [4.78, 5) is 11.1. The Kier molecular flexibility index (Phi) is 2.18. The Labute approximate surface area is 67.3 Å². The highest BCUT2D eigenvalue weighted by atomic mass is 16.2. The molecule has 0 aromatic rings. The highest BCUT2D eigenvalue weighted by Crippen LogP contribution is 2.38. The fraction of sp³-hybridized carbons (Fsp3) is 0.875. The molecule has 1 aliphatic carbocycles. The van der Waals surface area contributed by atoms with Crippen LogP contribution in [0.1, 0.15) is 33.1 Å². The van der Waals surface area contributed by atoms with Gasteiger partial charge in [-0.3, -0.25) is 4.79 Å². The van der Waals surface area contributed by atoms with Crippen molar-refractivity contribution in [3.63, 3.8) is 0 Å². The van der Waals surface area contributed by atoms with Crippen LogP contribution in [0.4, 0.5) is 0 Å². The van der Waals surface area contributed by atoms with Crippen LogP contribution in [0.3, 0.4) is 0 Å². The van der Waals surface area contributed by atoms with Gasteiger partial charge in [0.25, 0.3) is 0 Å². The van der Waals surface area contributed by atoms with Crippen molar-refractivity contribution >= 4 is 5.91 Å². The average Bonchev–Trinajstić information content (AvgIpc) is 2.69. The Morgan fingerprint density at radius 3 is 2.55 bits per heavy atom. The predicted molar refractivity (Wildman–Crippen MR) is 44.0 cm³/mol. The van der Waals surface area contributed by atoms with Gasteiger partial charge >= 0.3 is 0 Å². The minimum Gasteiger partial charge on any atom is -0.349 e. The summed E-state index contributed by atoms with van der Waals surface area (Å²) in [6.07, 6.45) is 3.25. The van der Waals surface area contributed by atoms with E-state index in [4.69, 9.17) is 5.73 Å². The van der Waals surface area contributed by atoms with Crippen LogP contribution in [0.5, 0.6) is 0 Å². The van der Waals surface area contributed by atoms with Gasteiger partial charge in [0.15, 0.2) is 0 Å². The summed E-state index contributed by atoms with van der Waals surface area (Å²) in [6.45, 7) is 3.80. The maximum Gasteiger partial charge on any atom is 0.237 e. The van der Waals surface area contributed by atoms with Gasteiger partial charge in [-0.05, 0) is 26.2 Å². The fourth-order valence-electron chi connectivity index (χ4n) is 1.09. The zero-order valence-electron chi connectivity index (χ0n) is 7.18. The molecule has 0 aromatic carbocycles. The van der Waals surface area contributed by atoms with E-state index in [1.165, 1.54) is 0 Å². The molecule has 3 nitrogen and oxygen atoms in total. The minimum atomic E-state index is -0.376. The van der Waals surface area contributed by atoms with E-state index in [1.807, 2.05) is 0 Å². The fourth-order valence-corrected chi connectivity index (χ4v) is 1.09. The number of hydrogen-bond donors (Lipinski definition) is 2. The second-order valence-electron chi connectivity index (χ2n) is 3.41. The number of hydrogen-bond acceptors (Lipinski definition) is 2. The zero-order valence-corrected chi connectivity index (χ0v) is 7.18. The van der Waals surface area contributed by atoms with Crippen molar-refractivity contribution in [2.24, 2.45) is 5.73 Å². The molecule has 0 saturated heterocycles. The first-order chi connectivity index (χ1) is 5.09. The van der Waals surface area contributed by atoms with Crippen molar-refractivity contribution in [3.05, 3.63) is 0 Å². The van der Waals surface area contributed by atoms with Gasteiger partial charge in [0.2, 0.25) is 5.91 Å². The molecule has 0 heterocycles. The van der Waals surface area contributed by atoms with Crippen molar-refractivity contribution in [2.75, 3.05) is 0 Å². The van der Waals surface area contributed by atoms with Crippen LogP contribution < -0.4 is 11.1 Å². The number of nitrogens with two attached hydrogens (primary N) is 1. The third-order valence-electron chi connectivity index (χ3n) is 2.33. The zero-order chi connectivity index (χ0) is 8.48. The van der Waals surface area contributed by atoms with Crippen molar-refractivity contribution in [1.82, 2.24) is 5.32 Å². The Morgan fingerprint density at radius 1 is 1.73 bits per heavy atom. The summed E-state index contributed by atoms with van der Waals surface area (Å²) in [7, 11) is 0. The molecule has 0 radical (unpaired) electrons. The third-order valence-corrected chi connectivity index (χ3v) is 2.33. The van der Waals surface area contributed by atoms with E-state index in [0.717, 1.165) is 19.3 Å². The van der Waals surface area contributed by atoms with Crippen molar-refractivity contribution in [3.8, 4) is 0 Å². The maximum atomic E-state index is 11.1. The second-order valence-corrected chi connectivity index (χ2v) is 3.41. The number of amides is 1. The van der Waals surface area contributed by atoms with E-state index in [2.05, 4.69) is 12.2 Å². The van der Waals surface area contributed by atoms with Gasteiger partial charge in [0, 0.05) is 5.54 Å². The molecule has 1 unspecified atom stereocenters. The molecular weight excluding hydrogens is 140 g/mol. The summed E-state index contributed by atoms with van der Waals surface area (Å²) in [5, 5.41) is 2.95. The van der Waals surface area contributed by atoms with E-state index in [1.54, 1.807) is 6.92 Å². The van der Waals surface area contributed by atoms with Crippen molar-refractivity contribution in [2.45, 2.75) is 44.7 Å². The van der Waals surface area contributed by atoms with Crippen LogP contribution in [0.25, 0.3) is 0 Å². The lowest BCUT2D eigenvalue weighted by molar-refractivity contribution is -0.122. The van der Waals surface area contributed by atoms with Crippen LogP contribution in [0.2, 0.25) is 0 Å². The van der Waals surface area contributed by atoms with Crippen molar-refractivity contribution < 1.29 is 4.79 Å². The first-order valence-electron chi connectivity index (χ1n) is 4.17. The van der Waals surface area contributed by atoms with E-state index >= 15 is 0 Å². The van der Waals surface area contributed by atoms with Crippen LogP contribution in [0.15, 0.2) is 0 Å². The first kappa shape index (κ1) is 8.53. The van der Waals surface area contributed by atoms with Gasteiger partial charge in [-0.15, -0.1) is 0 Å². The molecule has 11 heavy (non-hydrogen) atoms. The van der Waals surface area contributed by atoms with Crippen LogP contribution in [0, 0.1) is 0 Å². The molecule has 1 rings (SSSR count). The lowest BCUT2D eigenvalue weighted by Gasteiger charge is -2.16. The topological polar surface area (TPSA) is 55.1 Å². The molecule has 1 aliphatic rings. The van der Waals surface area contributed by atoms with Crippen LogP contribution >= 0.6 is 0 Å². The van der Waals surface area contributed by atoms with Gasteiger partial charge < -0.3 is 11.1 Å². The minimum absolute atomic E-state index is 0.0237. The molecule has 0 bridgehead atoms. The van der Waals surface area contributed by atoms with Crippen LogP contribution in [-0.4, -0.2) is 17.5 Å². The molecule has 1 fully saturated rings. The highest BCUT2D eigenvalue weighted by molar-refractivity contribution is 5.82. The summed E-state index contributed by atoms with van der Waals surface area (Å²) in [5.41, 5.74) is 5.53. The molecule has 0 spiro atoms. The number of nitrogens with one attached hydrogen (secondary N) is 1. The monoisotopic (exact) mass is 156 g/mol. The van der Waals surface area contributed by atoms with Gasteiger partial charge in [-0.1, -0.05) is 6.92 Å². The smallest absolute Gasteiger partial charge is 0.237 e. The molecule has 1 atom stereocenters. The number of carbonyl (C=O) groups excluding carboxylic acids is 1. The van der Waals surface area contributed by atoms with Gasteiger partial charge in [0.05, 0.1) is 6.04 Å². The lowest BCUT2D eigenvalue weighted by Crippen LogP contribution is -2.44. The maximum absolute atomic E-state index is 11.1.